The Kier molecular flexibility index (Phi) is 8.49. The molecular weight excluding hydrogens is 441 g/mol. The standard InChI is InChI=1S/C32H38Si2/c1-8-9-10-11-12-13-18-28-29-19-14-16-26(21-23-33(2,3)4)31(29)25-32-27(17-15-20-30(28)32)22-24-34(5,6)7/h14-17,19-20,25H,8-12H2,1-7H3. The Morgan fingerprint density at radius 3 is 1.62 bits per heavy atom. The van der Waals surface area contributed by atoms with Gasteiger partial charge >= 0.3 is 0 Å². The normalized spacial score (nSPS) is 11.3. The fraction of sp³-hybridized carbons (Fsp3) is 0.375. The van der Waals surface area contributed by atoms with Crippen LogP contribution in [0, 0.1) is 34.8 Å². The van der Waals surface area contributed by atoms with E-state index in [1.165, 1.54) is 47.2 Å². The van der Waals surface area contributed by atoms with Gasteiger partial charge in [0.15, 0.2) is 0 Å². The van der Waals surface area contributed by atoms with Crippen molar-refractivity contribution in [3.05, 3.63) is 59.2 Å². The van der Waals surface area contributed by atoms with Crippen LogP contribution in [0.2, 0.25) is 39.3 Å². The van der Waals surface area contributed by atoms with Gasteiger partial charge in [0.2, 0.25) is 0 Å². The molecule has 0 heterocycles. The summed E-state index contributed by atoms with van der Waals surface area (Å²) in [5.74, 6) is 14.1. The Morgan fingerprint density at radius 1 is 0.618 bits per heavy atom. The van der Waals surface area contributed by atoms with Gasteiger partial charge in [0.05, 0.1) is 0 Å². The van der Waals surface area contributed by atoms with Gasteiger partial charge in [0.1, 0.15) is 16.1 Å². The summed E-state index contributed by atoms with van der Waals surface area (Å²) in [7, 11) is -2.97. The molecule has 0 nitrogen and oxygen atoms in total. The first-order valence-corrected chi connectivity index (χ1v) is 19.6. The third-order valence-corrected chi connectivity index (χ3v) is 7.30. The fourth-order valence-electron chi connectivity index (χ4n) is 3.82. The number of hydrogen-bond donors (Lipinski definition) is 0. The van der Waals surface area contributed by atoms with E-state index < -0.39 is 16.1 Å². The van der Waals surface area contributed by atoms with E-state index in [9.17, 15) is 0 Å². The van der Waals surface area contributed by atoms with Crippen molar-refractivity contribution < 1.29 is 0 Å². The molecule has 0 saturated carbocycles. The maximum atomic E-state index is 3.58. The second-order valence-electron chi connectivity index (χ2n) is 11.2. The van der Waals surface area contributed by atoms with Crippen molar-refractivity contribution in [2.45, 2.75) is 78.3 Å². The molecular formula is C32H38Si2. The summed E-state index contributed by atoms with van der Waals surface area (Å²) in [6.45, 7) is 16.0. The number of fused-ring (bicyclic) bond motifs is 2. The lowest BCUT2D eigenvalue weighted by atomic mass is 9.92. The first-order chi connectivity index (χ1) is 16.1. The van der Waals surface area contributed by atoms with Crippen LogP contribution in [0.3, 0.4) is 0 Å². The minimum atomic E-state index is -1.48. The molecule has 0 saturated heterocycles. The molecule has 34 heavy (non-hydrogen) atoms. The van der Waals surface area contributed by atoms with E-state index in [4.69, 9.17) is 0 Å². The van der Waals surface area contributed by atoms with Crippen molar-refractivity contribution >= 4 is 37.7 Å². The molecule has 0 aliphatic carbocycles. The van der Waals surface area contributed by atoms with Crippen LogP contribution in [-0.2, 0) is 0 Å². The summed E-state index contributed by atoms with van der Waals surface area (Å²) in [6.07, 6.45) is 5.92. The quantitative estimate of drug-likeness (QED) is 0.152. The smallest absolute Gasteiger partial charge is 0.127 e. The van der Waals surface area contributed by atoms with Crippen LogP contribution in [-0.4, -0.2) is 16.1 Å². The van der Waals surface area contributed by atoms with Gasteiger partial charge < -0.3 is 0 Å². The number of rotatable bonds is 4. The molecule has 0 amide bonds. The summed E-state index contributed by atoms with van der Waals surface area (Å²) in [4.78, 5) is 0. The van der Waals surface area contributed by atoms with Crippen LogP contribution < -0.4 is 0 Å². The fourth-order valence-corrected chi connectivity index (χ4v) is 4.84. The molecule has 0 spiro atoms. The molecule has 0 aliphatic rings. The highest BCUT2D eigenvalue weighted by atomic mass is 28.3. The Labute approximate surface area is 209 Å². The largest absolute Gasteiger partial charge is 0.129 e. The first kappa shape index (κ1) is 25.9. The molecule has 0 aliphatic heterocycles. The molecule has 174 valence electrons. The van der Waals surface area contributed by atoms with Crippen molar-refractivity contribution in [3.63, 3.8) is 0 Å². The van der Waals surface area contributed by atoms with Crippen molar-refractivity contribution in [1.82, 2.24) is 0 Å². The van der Waals surface area contributed by atoms with E-state index in [1.807, 2.05) is 0 Å². The van der Waals surface area contributed by atoms with Gasteiger partial charge in [0, 0.05) is 23.1 Å². The van der Waals surface area contributed by atoms with E-state index >= 15 is 0 Å². The maximum Gasteiger partial charge on any atom is 0.129 e. The van der Waals surface area contributed by atoms with E-state index in [1.54, 1.807) is 0 Å². The highest BCUT2D eigenvalue weighted by Crippen LogP contribution is 2.32. The predicted molar refractivity (Wildman–Crippen MR) is 158 cm³/mol. The number of benzene rings is 3. The topological polar surface area (TPSA) is 0 Å². The summed E-state index contributed by atoms with van der Waals surface area (Å²) < 4.78 is 0. The average Bonchev–Trinajstić information content (AvgIpc) is 2.77. The lowest BCUT2D eigenvalue weighted by Crippen LogP contribution is -2.16. The van der Waals surface area contributed by atoms with Crippen molar-refractivity contribution in [2.75, 3.05) is 0 Å². The molecule has 3 rings (SSSR count). The number of hydrogen-bond acceptors (Lipinski definition) is 0. The van der Waals surface area contributed by atoms with Gasteiger partial charge in [-0.3, -0.25) is 0 Å². The van der Waals surface area contributed by atoms with Crippen LogP contribution in [0.1, 0.15) is 55.7 Å². The molecule has 0 bridgehead atoms. The molecule has 3 aromatic rings. The lowest BCUT2D eigenvalue weighted by molar-refractivity contribution is 0.679. The van der Waals surface area contributed by atoms with E-state index in [2.05, 4.69) is 123 Å². The maximum absolute atomic E-state index is 3.58. The Bertz CT molecular complexity index is 1270. The summed E-state index contributed by atoms with van der Waals surface area (Å²) in [6, 6.07) is 15.3. The predicted octanol–water partition coefficient (Wildman–Crippen LogP) is 8.77. The van der Waals surface area contributed by atoms with Gasteiger partial charge in [0.25, 0.3) is 0 Å². The molecule has 0 radical (unpaired) electrons. The molecule has 2 heteroatoms. The van der Waals surface area contributed by atoms with E-state index in [-0.39, 0.29) is 0 Å². The molecule has 0 unspecified atom stereocenters. The van der Waals surface area contributed by atoms with Crippen LogP contribution in [0.25, 0.3) is 21.5 Å². The minimum absolute atomic E-state index is 0.947. The molecule has 0 N–H and O–H groups in total. The van der Waals surface area contributed by atoms with E-state index in [0.717, 1.165) is 23.1 Å². The highest BCUT2D eigenvalue weighted by Gasteiger charge is 2.13. The second-order valence-corrected chi connectivity index (χ2v) is 20.7. The monoisotopic (exact) mass is 478 g/mol. The van der Waals surface area contributed by atoms with Crippen LogP contribution in [0.4, 0.5) is 0 Å². The van der Waals surface area contributed by atoms with Crippen LogP contribution in [0.15, 0.2) is 42.5 Å². The van der Waals surface area contributed by atoms with Gasteiger partial charge in [-0.1, -0.05) is 113 Å². The summed E-state index contributed by atoms with van der Waals surface area (Å²) in [5.41, 5.74) is 10.4. The van der Waals surface area contributed by atoms with Crippen molar-refractivity contribution in [2.24, 2.45) is 0 Å². The van der Waals surface area contributed by atoms with Crippen molar-refractivity contribution in [3.8, 4) is 34.8 Å². The van der Waals surface area contributed by atoms with Gasteiger partial charge in [-0.2, -0.15) is 0 Å². The third kappa shape index (κ3) is 7.14. The third-order valence-electron chi connectivity index (χ3n) is 5.55. The van der Waals surface area contributed by atoms with Crippen LogP contribution in [0.5, 0.6) is 0 Å². The molecule has 0 fully saturated rings. The van der Waals surface area contributed by atoms with E-state index in [0.29, 0.717) is 0 Å². The average molecular weight is 479 g/mol. The number of unbranched alkanes of at least 4 members (excludes halogenated alkanes) is 4. The highest BCUT2D eigenvalue weighted by molar-refractivity contribution is 6.84. The second kappa shape index (κ2) is 11.1. The zero-order chi connectivity index (χ0) is 24.8. The zero-order valence-electron chi connectivity index (χ0n) is 22.1. The first-order valence-electron chi connectivity index (χ1n) is 12.6. The summed E-state index contributed by atoms with van der Waals surface area (Å²) >= 11 is 0. The molecule has 3 aromatic carbocycles. The summed E-state index contributed by atoms with van der Waals surface area (Å²) in [5, 5.41) is 4.79. The Morgan fingerprint density at radius 2 is 1.15 bits per heavy atom. The zero-order valence-corrected chi connectivity index (χ0v) is 24.1. The molecule has 0 atom stereocenters. The van der Waals surface area contributed by atoms with Crippen molar-refractivity contribution in [1.29, 1.82) is 0 Å². The Balaban J connectivity index is 2.27. The van der Waals surface area contributed by atoms with Crippen LogP contribution >= 0.6 is 0 Å². The van der Waals surface area contributed by atoms with Gasteiger partial charge in [-0.05, 0) is 46.2 Å². The Hall–Kier alpha value is -2.71. The SMILES string of the molecule is CCCCCCC#Cc1c2cccc(C#C[Si](C)(C)C)c2cc2c(C#C[Si](C)(C)C)cccc12. The minimum Gasteiger partial charge on any atom is -0.127 e. The lowest BCUT2D eigenvalue weighted by Gasteiger charge is -2.11. The van der Waals surface area contributed by atoms with Gasteiger partial charge in [-0.25, -0.2) is 0 Å². The van der Waals surface area contributed by atoms with Gasteiger partial charge in [-0.15, -0.1) is 11.1 Å². The molecule has 0 aromatic heterocycles.